The number of aryl methyl sites for hydroxylation is 2. The number of nitrogens with zero attached hydrogens (tertiary/aromatic N) is 4. The van der Waals surface area contributed by atoms with Crippen molar-refractivity contribution in [2.24, 2.45) is 0 Å². The van der Waals surface area contributed by atoms with Crippen LogP contribution in [0.5, 0.6) is 0 Å². The summed E-state index contributed by atoms with van der Waals surface area (Å²) in [6, 6.07) is 4.09. The highest BCUT2D eigenvalue weighted by atomic mass is 32.1. The number of fused-ring (bicyclic) bond motifs is 1. The largest absolute Gasteiger partial charge is 0.361 e. The van der Waals surface area contributed by atoms with Crippen molar-refractivity contribution < 1.29 is 9.32 Å². The Morgan fingerprint density at radius 3 is 2.77 bits per heavy atom. The minimum absolute atomic E-state index is 0.0246. The van der Waals surface area contributed by atoms with E-state index in [-0.39, 0.29) is 11.9 Å². The maximum atomic E-state index is 12.9. The molecular weight excluding hydrogens is 398 g/mol. The van der Waals surface area contributed by atoms with E-state index in [9.17, 15) is 10.1 Å². The number of amides is 1. The summed E-state index contributed by atoms with van der Waals surface area (Å²) >= 11 is 1.60. The molecule has 7 nitrogen and oxygen atoms in total. The summed E-state index contributed by atoms with van der Waals surface area (Å²) < 4.78 is 5.15. The zero-order valence-corrected chi connectivity index (χ0v) is 18.6. The molecule has 1 aliphatic carbocycles. The van der Waals surface area contributed by atoms with Gasteiger partial charge in [-0.2, -0.15) is 5.26 Å². The van der Waals surface area contributed by atoms with Gasteiger partial charge in [0.2, 0.25) is 5.91 Å². The van der Waals surface area contributed by atoms with Gasteiger partial charge in [-0.15, -0.1) is 11.3 Å². The third-order valence-electron chi connectivity index (χ3n) is 6.17. The van der Waals surface area contributed by atoms with Crippen LogP contribution in [0.2, 0.25) is 0 Å². The van der Waals surface area contributed by atoms with Crippen molar-refractivity contribution >= 4 is 22.2 Å². The van der Waals surface area contributed by atoms with Crippen molar-refractivity contribution in [1.29, 1.82) is 5.26 Å². The molecule has 1 N–H and O–H groups in total. The minimum atomic E-state index is -0.227. The Bertz CT molecular complexity index is 936. The Morgan fingerprint density at radius 1 is 1.30 bits per heavy atom. The van der Waals surface area contributed by atoms with Crippen molar-refractivity contribution in [3.05, 3.63) is 33.5 Å². The average molecular weight is 428 g/mol. The van der Waals surface area contributed by atoms with Crippen LogP contribution in [-0.2, 0) is 24.2 Å². The smallest absolute Gasteiger partial charge is 0.242 e. The quantitative estimate of drug-likeness (QED) is 0.737. The summed E-state index contributed by atoms with van der Waals surface area (Å²) in [6.07, 6.45) is 5.48. The molecule has 0 unspecified atom stereocenters. The SMILES string of the molecule is Cc1cc(CN2CCN([C@H](C)C(=O)Nc3sc4c(c3C#N)CCCCC4)CC2)no1. The second-order valence-corrected chi connectivity index (χ2v) is 9.39. The second-order valence-electron chi connectivity index (χ2n) is 8.29. The van der Waals surface area contributed by atoms with E-state index in [1.807, 2.05) is 19.9 Å². The topological polar surface area (TPSA) is 85.4 Å². The zero-order valence-electron chi connectivity index (χ0n) is 17.7. The van der Waals surface area contributed by atoms with Gasteiger partial charge in [0.05, 0.1) is 17.3 Å². The van der Waals surface area contributed by atoms with E-state index in [2.05, 4.69) is 26.3 Å². The van der Waals surface area contributed by atoms with Gasteiger partial charge in [0, 0.05) is 43.7 Å². The van der Waals surface area contributed by atoms with E-state index < -0.39 is 0 Å². The molecular formula is C22H29N5O2S. The Kier molecular flexibility index (Phi) is 6.52. The number of hydrogen-bond donors (Lipinski definition) is 1. The Balaban J connectivity index is 1.34. The monoisotopic (exact) mass is 427 g/mol. The van der Waals surface area contributed by atoms with E-state index in [0.717, 1.165) is 68.4 Å². The molecule has 2 aromatic rings. The van der Waals surface area contributed by atoms with Gasteiger partial charge in [0.25, 0.3) is 0 Å². The molecule has 160 valence electrons. The predicted octanol–water partition coefficient (Wildman–Crippen LogP) is 3.33. The van der Waals surface area contributed by atoms with E-state index in [0.29, 0.717) is 5.56 Å². The highest BCUT2D eigenvalue weighted by Gasteiger charge is 2.28. The van der Waals surface area contributed by atoms with Crippen LogP contribution in [0.15, 0.2) is 10.6 Å². The number of hydrogen-bond acceptors (Lipinski definition) is 7. The van der Waals surface area contributed by atoms with Crippen molar-refractivity contribution in [3.8, 4) is 6.07 Å². The Hall–Kier alpha value is -2.21. The molecule has 1 atom stereocenters. The molecule has 1 fully saturated rings. The van der Waals surface area contributed by atoms with Crippen LogP contribution in [0.1, 0.15) is 53.6 Å². The van der Waals surface area contributed by atoms with Crippen LogP contribution in [0.3, 0.4) is 0 Å². The number of anilines is 1. The third-order valence-corrected chi connectivity index (χ3v) is 7.37. The molecule has 2 aliphatic rings. The summed E-state index contributed by atoms with van der Waals surface area (Å²) in [7, 11) is 0. The number of nitriles is 1. The number of carbonyl (C=O) groups is 1. The standard InChI is InChI=1S/C22H29N5O2S/c1-15-12-17(25-29-15)14-26-8-10-27(11-9-26)16(2)21(28)24-22-19(13-23)18-6-4-3-5-7-20(18)30-22/h12,16H,3-11,14H2,1-2H3,(H,24,28)/t16-/m1/s1. The van der Waals surface area contributed by atoms with Gasteiger partial charge in [-0.05, 0) is 45.1 Å². The predicted molar refractivity (Wildman–Crippen MR) is 116 cm³/mol. The molecule has 2 aromatic heterocycles. The van der Waals surface area contributed by atoms with E-state index in [4.69, 9.17) is 4.52 Å². The highest BCUT2D eigenvalue weighted by molar-refractivity contribution is 7.16. The van der Waals surface area contributed by atoms with Crippen LogP contribution in [0.25, 0.3) is 0 Å². The first-order valence-corrected chi connectivity index (χ1v) is 11.6. The van der Waals surface area contributed by atoms with Gasteiger partial charge in [-0.1, -0.05) is 11.6 Å². The summed E-state index contributed by atoms with van der Waals surface area (Å²) in [4.78, 5) is 18.8. The Morgan fingerprint density at radius 2 is 2.07 bits per heavy atom. The van der Waals surface area contributed by atoms with E-state index in [1.165, 1.54) is 23.3 Å². The lowest BCUT2D eigenvalue weighted by Crippen LogP contribution is -2.52. The number of nitrogens with one attached hydrogen (secondary N) is 1. The van der Waals surface area contributed by atoms with Crippen LogP contribution >= 0.6 is 11.3 Å². The van der Waals surface area contributed by atoms with Gasteiger partial charge >= 0.3 is 0 Å². The molecule has 3 heterocycles. The van der Waals surface area contributed by atoms with Crippen LogP contribution in [0, 0.1) is 18.3 Å². The van der Waals surface area contributed by atoms with E-state index >= 15 is 0 Å². The van der Waals surface area contributed by atoms with Crippen LogP contribution in [0.4, 0.5) is 5.00 Å². The summed E-state index contributed by atoms with van der Waals surface area (Å²) in [6.45, 7) is 8.07. The Labute approximate surface area is 181 Å². The maximum Gasteiger partial charge on any atom is 0.242 e. The first-order chi connectivity index (χ1) is 14.5. The highest BCUT2D eigenvalue weighted by Crippen LogP contribution is 2.37. The average Bonchev–Trinajstić information content (AvgIpc) is 3.21. The summed E-state index contributed by atoms with van der Waals surface area (Å²) in [5, 5.41) is 17.6. The van der Waals surface area contributed by atoms with Crippen molar-refractivity contribution in [3.63, 3.8) is 0 Å². The number of thiophene rings is 1. The fourth-order valence-corrected chi connectivity index (χ4v) is 5.60. The molecule has 0 aromatic carbocycles. The summed E-state index contributed by atoms with van der Waals surface area (Å²) in [5.41, 5.74) is 2.80. The maximum absolute atomic E-state index is 12.9. The molecule has 1 aliphatic heterocycles. The third kappa shape index (κ3) is 4.59. The van der Waals surface area contributed by atoms with E-state index in [1.54, 1.807) is 11.3 Å². The number of rotatable bonds is 5. The van der Waals surface area contributed by atoms with Gasteiger partial charge in [0.15, 0.2) is 0 Å². The molecule has 8 heteroatoms. The second kappa shape index (κ2) is 9.29. The van der Waals surface area contributed by atoms with Gasteiger partial charge in [-0.25, -0.2) is 0 Å². The number of piperazine rings is 1. The molecule has 4 rings (SSSR count). The van der Waals surface area contributed by atoms with Crippen molar-refractivity contribution in [2.75, 3.05) is 31.5 Å². The van der Waals surface area contributed by atoms with Crippen molar-refractivity contribution in [1.82, 2.24) is 15.0 Å². The minimum Gasteiger partial charge on any atom is -0.361 e. The van der Waals surface area contributed by atoms with Crippen LogP contribution in [-0.4, -0.2) is 53.1 Å². The number of carbonyl (C=O) groups excluding carboxylic acids is 1. The van der Waals surface area contributed by atoms with Crippen molar-refractivity contribution in [2.45, 2.75) is 58.5 Å². The lowest BCUT2D eigenvalue weighted by Gasteiger charge is -2.37. The first-order valence-electron chi connectivity index (χ1n) is 10.8. The lowest BCUT2D eigenvalue weighted by molar-refractivity contribution is -0.121. The van der Waals surface area contributed by atoms with Gasteiger partial charge < -0.3 is 9.84 Å². The fourth-order valence-electron chi connectivity index (χ4n) is 4.36. The molecule has 30 heavy (non-hydrogen) atoms. The molecule has 0 spiro atoms. The molecule has 1 saturated heterocycles. The first kappa shape index (κ1) is 21.0. The molecule has 0 saturated carbocycles. The fraction of sp³-hybridized carbons (Fsp3) is 0.591. The van der Waals surface area contributed by atoms with Gasteiger partial charge in [-0.3, -0.25) is 14.6 Å². The van der Waals surface area contributed by atoms with Gasteiger partial charge in [0.1, 0.15) is 16.8 Å². The summed E-state index contributed by atoms with van der Waals surface area (Å²) in [5.74, 6) is 0.806. The number of aromatic nitrogens is 1. The molecule has 0 radical (unpaired) electrons. The molecule has 0 bridgehead atoms. The normalized spacial score (nSPS) is 19.0. The van der Waals surface area contributed by atoms with Crippen LogP contribution < -0.4 is 5.32 Å². The molecule has 1 amide bonds. The lowest BCUT2D eigenvalue weighted by atomic mass is 10.1. The zero-order chi connectivity index (χ0) is 21.1.